The Bertz CT molecular complexity index is 955. The Balaban J connectivity index is 1.81. The molecule has 2 aliphatic rings. The number of urea groups is 1. The number of anilines is 2. The summed E-state index contributed by atoms with van der Waals surface area (Å²) in [6, 6.07) is 0.0566. The number of rotatable bonds is 7. The minimum absolute atomic E-state index is 0.0350. The SMILES string of the molecule is CCCCn1c(N)c(N(CC(C)C)C(=O)C2CCN(C(=O)N3CCCC3)CC2)c(=O)[nH]c1=O. The first kappa shape index (κ1) is 24.9. The number of aromatic amines is 1. The van der Waals surface area contributed by atoms with Gasteiger partial charge in [-0.05, 0) is 38.0 Å². The monoisotopic (exact) mass is 462 g/mol. The molecule has 3 amide bonds. The summed E-state index contributed by atoms with van der Waals surface area (Å²) in [6.07, 6.45) is 4.77. The van der Waals surface area contributed by atoms with Crippen molar-refractivity contribution in [1.29, 1.82) is 0 Å². The molecule has 0 unspecified atom stereocenters. The van der Waals surface area contributed by atoms with Gasteiger partial charge in [-0.3, -0.25) is 19.1 Å². The summed E-state index contributed by atoms with van der Waals surface area (Å²) in [5.74, 6) is -0.343. The molecule has 2 fully saturated rings. The van der Waals surface area contributed by atoms with Crippen molar-refractivity contribution < 1.29 is 9.59 Å². The summed E-state index contributed by atoms with van der Waals surface area (Å²) in [4.78, 5) is 58.9. The van der Waals surface area contributed by atoms with Crippen molar-refractivity contribution in [2.75, 3.05) is 43.4 Å². The van der Waals surface area contributed by atoms with Crippen LogP contribution in [0.3, 0.4) is 0 Å². The third-order valence-corrected chi connectivity index (χ3v) is 6.52. The molecule has 184 valence electrons. The van der Waals surface area contributed by atoms with E-state index >= 15 is 0 Å². The van der Waals surface area contributed by atoms with Crippen LogP contribution in [0.4, 0.5) is 16.3 Å². The standard InChI is InChI=1S/C23H38N6O4/c1-4-5-12-28-19(24)18(20(30)25-22(28)32)29(15-16(2)3)21(31)17-8-13-27(14-9-17)23(33)26-10-6-7-11-26/h16-17H,4-15,24H2,1-3H3,(H,25,30,32). The number of nitrogen functional groups attached to an aromatic ring is 1. The quantitative estimate of drug-likeness (QED) is 0.640. The molecule has 3 N–H and O–H groups in total. The lowest BCUT2D eigenvalue weighted by atomic mass is 9.94. The van der Waals surface area contributed by atoms with Gasteiger partial charge in [-0.25, -0.2) is 9.59 Å². The fourth-order valence-corrected chi connectivity index (χ4v) is 4.68. The molecule has 0 aliphatic carbocycles. The molecule has 0 bridgehead atoms. The molecule has 0 saturated carbocycles. The van der Waals surface area contributed by atoms with Crippen molar-refractivity contribution in [3.63, 3.8) is 0 Å². The third-order valence-electron chi connectivity index (χ3n) is 6.52. The second kappa shape index (κ2) is 10.9. The molecule has 33 heavy (non-hydrogen) atoms. The van der Waals surface area contributed by atoms with Gasteiger partial charge in [0, 0.05) is 45.2 Å². The average molecular weight is 463 g/mol. The lowest BCUT2D eigenvalue weighted by Crippen LogP contribution is -2.50. The molecule has 0 atom stereocenters. The van der Waals surface area contributed by atoms with Gasteiger partial charge in [-0.2, -0.15) is 0 Å². The summed E-state index contributed by atoms with van der Waals surface area (Å²) in [5, 5.41) is 0. The number of nitrogens with one attached hydrogen (secondary N) is 1. The Hall–Kier alpha value is -2.78. The molecule has 1 aromatic rings. The highest BCUT2D eigenvalue weighted by atomic mass is 16.2. The first-order chi connectivity index (χ1) is 15.7. The molecule has 0 aromatic carbocycles. The second-order valence-electron chi connectivity index (χ2n) is 9.58. The topological polar surface area (TPSA) is 125 Å². The predicted molar refractivity (Wildman–Crippen MR) is 128 cm³/mol. The zero-order valence-electron chi connectivity index (χ0n) is 20.1. The van der Waals surface area contributed by atoms with E-state index in [4.69, 9.17) is 5.73 Å². The number of nitrogens with zero attached hydrogens (tertiary/aromatic N) is 4. The summed E-state index contributed by atoms with van der Waals surface area (Å²) < 4.78 is 1.35. The molecule has 2 saturated heterocycles. The van der Waals surface area contributed by atoms with Crippen LogP contribution in [0.2, 0.25) is 0 Å². The lowest BCUT2D eigenvalue weighted by Gasteiger charge is -2.36. The Morgan fingerprint density at radius 1 is 1.09 bits per heavy atom. The van der Waals surface area contributed by atoms with Crippen molar-refractivity contribution in [1.82, 2.24) is 19.4 Å². The third kappa shape index (κ3) is 5.59. The minimum atomic E-state index is -0.638. The van der Waals surface area contributed by atoms with Crippen molar-refractivity contribution in [2.24, 2.45) is 11.8 Å². The summed E-state index contributed by atoms with van der Waals surface area (Å²) >= 11 is 0. The van der Waals surface area contributed by atoms with Crippen molar-refractivity contribution >= 4 is 23.4 Å². The molecular formula is C23H38N6O4. The fraction of sp³-hybridized carbons (Fsp3) is 0.739. The zero-order valence-corrected chi connectivity index (χ0v) is 20.1. The van der Waals surface area contributed by atoms with Crippen molar-refractivity contribution in [3.05, 3.63) is 20.8 Å². The highest BCUT2D eigenvalue weighted by molar-refractivity contribution is 5.97. The molecule has 0 radical (unpaired) electrons. The maximum Gasteiger partial charge on any atom is 0.330 e. The van der Waals surface area contributed by atoms with Gasteiger partial charge in [0.05, 0.1) is 0 Å². The van der Waals surface area contributed by atoms with E-state index in [9.17, 15) is 19.2 Å². The van der Waals surface area contributed by atoms with E-state index in [1.54, 1.807) is 0 Å². The Kier molecular flexibility index (Phi) is 8.20. The van der Waals surface area contributed by atoms with Gasteiger partial charge in [0.2, 0.25) is 5.91 Å². The zero-order chi connectivity index (χ0) is 24.1. The van der Waals surface area contributed by atoms with Crippen molar-refractivity contribution in [2.45, 2.75) is 65.8 Å². The first-order valence-corrected chi connectivity index (χ1v) is 12.2. The number of unbranched alkanes of at least 4 members (excludes halogenated alkanes) is 1. The second-order valence-corrected chi connectivity index (χ2v) is 9.58. The van der Waals surface area contributed by atoms with Crippen LogP contribution in [0.1, 0.15) is 59.3 Å². The Labute approximate surface area is 194 Å². The Morgan fingerprint density at radius 2 is 1.70 bits per heavy atom. The largest absolute Gasteiger partial charge is 0.383 e. The number of nitrogens with two attached hydrogens (primary N) is 1. The number of H-pyrrole nitrogens is 1. The summed E-state index contributed by atoms with van der Waals surface area (Å²) in [5.41, 5.74) is 5.15. The number of carbonyl (C=O) groups excluding carboxylic acids is 2. The van der Waals surface area contributed by atoms with E-state index in [1.807, 2.05) is 30.6 Å². The van der Waals surface area contributed by atoms with Crippen LogP contribution in [-0.4, -0.2) is 64.0 Å². The van der Waals surface area contributed by atoms with E-state index in [-0.39, 0.29) is 35.3 Å². The fourth-order valence-electron chi connectivity index (χ4n) is 4.68. The summed E-state index contributed by atoms with van der Waals surface area (Å²) in [6.45, 7) is 9.28. The number of likely N-dealkylation sites (tertiary alicyclic amines) is 2. The van der Waals surface area contributed by atoms with E-state index in [1.165, 1.54) is 9.47 Å². The molecule has 3 rings (SSSR count). The lowest BCUT2D eigenvalue weighted by molar-refractivity contribution is -0.123. The number of piperidine rings is 1. The van der Waals surface area contributed by atoms with Gasteiger partial charge < -0.3 is 20.4 Å². The van der Waals surface area contributed by atoms with Gasteiger partial charge in [0.15, 0.2) is 5.69 Å². The van der Waals surface area contributed by atoms with Gasteiger partial charge >= 0.3 is 11.7 Å². The molecule has 2 aliphatic heterocycles. The highest BCUT2D eigenvalue weighted by Gasteiger charge is 2.34. The van der Waals surface area contributed by atoms with E-state index in [2.05, 4.69) is 4.98 Å². The predicted octanol–water partition coefficient (Wildman–Crippen LogP) is 1.84. The van der Waals surface area contributed by atoms with Crippen LogP contribution in [0.5, 0.6) is 0 Å². The van der Waals surface area contributed by atoms with Crippen LogP contribution in [0.15, 0.2) is 9.59 Å². The number of aromatic nitrogens is 2. The van der Waals surface area contributed by atoms with Crippen LogP contribution in [-0.2, 0) is 11.3 Å². The van der Waals surface area contributed by atoms with Crippen LogP contribution < -0.4 is 21.9 Å². The number of carbonyl (C=O) groups is 2. The maximum absolute atomic E-state index is 13.6. The summed E-state index contributed by atoms with van der Waals surface area (Å²) in [7, 11) is 0. The highest BCUT2D eigenvalue weighted by Crippen LogP contribution is 2.26. The first-order valence-electron chi connectivity index (χ1n) is 12.2. The number of hydrogen-bond donors (Lipinski definition) is 2. The van der Waals surface area contributed by atoms with E-state index < -0.39 is 11.2 Å². The molecule has 0 spiro atoms. The van der Waals surface area contributed by atoms with Gasteiger partial charge in [-0.1, -0.05) is 27.2 Å². The molecular weight excluding hydrogens is 424 g/mol. The molecule has 10 nitrogen and oxygen atoms in total. The normalized spacial score (nSPS) is 17.1. The van der Waals surface area contributed by atoms with Crippen LogP contribution in [0.25, 0.3) is 0 Å². The Morgan fingerprint density at radius 3 is 2.27 bits per heavy atom. The van der Waals surface area contributed by atoms with Gasteiger partial charge in [-0.15, -0.1) is 0 Å². The van der Waals surface area contributed by atoms with E-state index in [0.29, 0.717) is 39.0 Å². The molecule has 10 heteroatoms. The number of amides is 3. The van der Waals surface area contributed by atoms with E-state index in [0.717, 1.165) is 38.8 Å². The average Bonchev–Trinajstić information content (AvgIpc) is 3.32. The minimum Gasteiger partial charge on any atom is -0.383 e. The maximum atomic E-state index is 13.6. The van der Waals surface area contributed by atoms with Crippen molar-refractivity contribution in [3.8, 4) is 0 Å². The van der Waals surface area contributed by atoms with Gasteiger partial charge in [0.25, 0.3) is 5.56 Å². The smallest absolute Gasteiger partial charge is 0.330 e. The van der Waals surface area contributed by atoms with Gasteiger partial charge in [0.1, 0.15) is 5.82 Å². The van der Waals surface area contributed by atoms with Crippen LogP contribution in [0, 0.1) is 11.8 Å². The number of hydrogen-bond acceptors (Lipinski definition) is 5. The van der Waals surface area contributed by atoms with Crippen LogP contribution >= 0.6 is 0 Å². The molecule has 3 heterocycles. The molecule has 1 aromatic heterocycles.